The van der Waals surface area contributed by atoms with Crippen LogP contribution >= 0.6 is 0 Å². The highest BCUT2D eigenvalue weighted by Gasteiger charge is 2.43. The van der Waals surface area contributed by atoms with Gasteiger partial charge in [0.05, 0.1) is 6.54 Å². The largest absolute Gasteiger partial charge is 0.586 e. The Morgan fingerprint density at radius 3 is 2.78 bits per heavy atom. The predicted molar refractivity (Wildman–Crippen MR) is 59.8 cm³/mol. The first-order chi connectivity index (χ1) is 8.50. The zero-order valence-corrected chi connectivity index (χ0v) is 9.63. The molecule has 0 atom stereocenters. The summed E-state index contributed by atoms with van der Waals surface area (Å²) in [6.45, 7) is 2.40. The van der Waals surface area contributed by atoms with Crippen molar-refractivity contribution in [1.82, 2.24) is 5.32 Å². The van der Waals surface area contributed by atoms with Gasteiger partial charge >= 0.3 is 6.29 Å². The Morgan fingerprint density at radius 1 is 1.33 bits per heavy atom. The molecule has 0 aromatic heterocycles. The van der Waals surface area contributed by atoms with Gasteiger partial charge in [0, 0.05) is 18.3 Å². The number of rotatable bonds is 4. The lowest BCUT2D eigenvalue weighted by molar-refractivity contribution is -0.286. The zero-order valence-electron chi connectivity index (χ0n) is 9.63. The molecule has 0 spiro atoms. The third-order valence-electron chi connectivity index (χ3n) is 2.23. The first-order valence-electron chi connectivity index (χ1n) is 5.40. The molecule has 1 aromatic rings. The molecule has 18 heavy (non-hydrogen) atoms. The van der Waals surface area contributed by atoms with E-state index in [-0.39, 0.29) is 24.0 Å². The number of fused-ring (bicyclic) bond motifs is 1. The maximum atomic E-state index is 12.8. The van der Waals surface area contributed by atoms with Crippen molar-refractivity contribution in [3.63, 3.8) is 0 Å². The van der Waals surface area contributed by atoms with Crippen LogP contribution in [0.15, 0.2) is 18.2 Å². The van der Waals surface area contributed by atoms with Gasteiger partial charge in [-0.15, -0.1) is 8.78 Å². The molecule has 2 N–H and O–H groups in total. The Bertz CT molecular complexity index is 466. The van der Waals surface area contributed by atoms with E-state index in [0.717, 1.165) is 0 Å². The van der Waals surface area contributed by atoms with E-state index in [2.05, 4.69) is 20.1 Å². The molecule has 1 aliphatic heterocycles. The van der Waals surface area contributed by atoms with Gasteiger partial charge in [0.1, 0.15) is 0 Å². The van der Waals surface area contributed by atoms with Crippen LogP contribution in [-0.2, 0) is 4.79 Å². The normalized spacial score (nSPS) is 15.3. The van der Waals surface area contributed by atoms with Crippen molar-refractivity contribution in [3.05, 3.63) is 18.2 Å². The van der Waals surface area contributed by atoms with Gasteiger partial charge in [-0.05, 0) is 19.1 Å². The number of nitrogens with one attached hydrogen (secondary N) is 2. The molecule has 5 nitrogen and oxygen atoms in total. The summed E-state index contributed by atoms with van der Waals surface area (Å²) in [7, 11) is 0. The van der Waals surface area contributed by atoms with E-state index in [9.17, 15) is 13.6 Å². The van der Waals surface area contributed by atoms with E-state index in [4.69, 9.17) is 0 Å². The molecular weight excluding hydrogens is 246 g/mol. The molecular formula is C11H12F2N2O3. The third kappa shape index (κ3) is 2.79. The maximum Gasteiger partial charge on any atom is 0.586 e. The standard InChI is InChI=1S/C11H12F2N2O3/c1-2-14-10(16)6-15-7-3-4-8-9(5-7)18-11(12,13)17-8/h3-5,15H,2,6H2,1H3,(H,14,16). The van der Waals surface area contributed by atoms with Crippen LogP contribution in [0.2, 0.25) is 0 Å². The van der Waals surface area contributed by atoms with Gasteiger partial charge in [-0.3, -0.25) is 4.79 Å². The average Bonchev–Trinajstić information content (AvgIpc) is 2.59. The Balaban J connectivity index is 1.99. The number of carbonyl (C=O) groups excluding carboxylic acids is 1. The second-order valence-corrected chi connectivity index (χ2v) is 3.64. The Labute approximate surface area is 102 Å². The highest BCUT2D eigenvalue weighted by Crippen LogP contribution is 2.42. The van der Waals surface area contributed by atoms with E-state index in [1.807, 2.05) is 0 Å². The fourth-order valence-corrected chi connectivity index (χ4v) is 1.50. The van der Waals surface area contributed by atoms with Gasteiger partial charge in [-0.25, -0.2) is 0 Å². The highest BCUT2D eigenvalue weighted by molar-refractivity contribution is 5.80. The molecule has 0 saturated heterocycles. The highest BCUT2D eigenvalue weighted by atomic mass is 19.3. The van der Waals surface area contributed by atoms with E-state index >= 15 is 0 Å². The van der Waals surface area contributed by atoms with Crippen LogP contribution in [0.1, 0.15) is 6.92 Å². The van der Waals surface area contributed by atoms with Crippen LogP contribution in [0.4, 0.5) is 14.5 Å². The first kappa shape index (κ1) is 12.4. The number of ether oxygens (including phenoxy) is 2. The molecule has 98 valence electrons. The lowest BCUT2D eigenvalue weighted by atomic mass is 10.3. The van der Waals surface area contributed by atoms with Gasteiger partial charge in [0.25, 0.3) is 0 Å². The zero-order chi connectivity index (χ0) is 13.2. The summed E-state index contributed by atoms with van der Waals surface area (Å²) >= 11 is 0. The Kier molecular flexibility index (Phi) is 3.22. The van der Waals surface area contributed by atoms with Crippen LogP contribution in [-0.4, -0.2) is 25.3 Å². The molecule has 0 aliphatic carbocycles. The number of anilines is 1. The van der Waals surface area contributed by atoms with Crippen LogP contribution in [0, 0.1) is 0 Å². The van der Waals surface area contributed by atoms with Crippen molar-refractivity contribution < 1.29 is 23.0 Å². The number of hydrogen-bond donors (Lipinski definition) is 2. The molecule has 1 aliphatic rings. The molecule has 0 saturated carbocycles. The molecule has 1 heterocycles. The van der Waals surface area contributed by atoms with E-state index in [0.29, 0.717) is 12.2 Å². The average molecular weight is 258 g/mol. The van der Waals surface area contributed by atoms with Crippen LogP contribution in [0.5, 0.6) is 11.5 Å². The summed E-state index contributed by atoms with van der Waals surface area (Å²) in [4.78, 5) is 11.2. The number of benzene rings is 1. The predicted octanol–water partition coefficient (Wildman–Crippen LogP) is 1.56. The van der Waals surface area contributed by atoms with Gasteiger partial charge in [0.2, 0.25) is 5.91 Å². The summed E-state index contributed by atoms with van der Waals surface area (Å²) < 4.78 is 34.1. The maximum absolute atomic E-state index is 12.8. The molecule has 1 amide bonds. The van der Waals surface area contributed by atoms with Crippen molar-refractivity contribution in [3.8, 4) is 11.5 Å². The van der Waals surface area contributed by atoms with Crippen molar-refractivity contribution in [2.45, 2.75) is 13.2 Å². The number of likely N-dealkylation sites (N-methyl/N-ethyl adjacent to an activating group) is 1. The minimum atomic E-state index is -3.62. The monoisotopic (exact) mass is 258 g/mol. The second-order valence-electron chi connectivity index (χ2n) is 3.64. The van der Waals surface area contributed by atoms with E-state index in [1.54, 1.807) is 6.92 Å². The fraction of sp³-hybridized carbons (Fsp3) is 0.364. The van der Waals surface area contributed by atoms with E-state index < -0.39 is 6.29 Å². The quantitative estimate of drug-likeness (QED) is 0.860. The minimum Gasteiger partial charge on any atom is -0.395 e. The topological polar surface area (TPSA) is 59.6 Å². The number of halogens is 2. The van der Waals surface area contributed by atoms with E-state index in [1.165, 1.54) is 18.2 Å². The van der Waals surface area contributed by atoms with Crippen LogP contribution < -0.4 is 20.1 Å². The summed E-state index contributed by atoms with van der Waals surface area (Å²) in [5.74, 6) is -0.259. The number of hydrogen-bond acceptors (Lipinski definition) is 4. The van der Waals surface area contributed by atoms with Gasteiger partial charge in [-0.2, -0.15) is 0 Å². The summed E-state index contributed by atoms with van der Waals surface area (Å²) in [5, 5.41) is 5.40. The number of amides is 1. The lowest BCUT2D eigenvalue weighted by Gasteiger charge is -2.06. The van der Waals surface area contributed by atoms with Gasteiger partial charge < -0.3 is 20.1 Å². The number of carbonyl (C=O) groups is 1. The minimum absolute atomic E-state index is 0.0245. The van der Waals surface area contributed by atoms with Crippen molar-refractivity contribution in [2.75, 3.05) is 18.4 Å². The SMILES string of the molecule is CCNC(=O)CNc1ccc2c(c1)OC(F)(F)O2. The Morgan fingerprint density at radius 2 is 2.06 bits per heavy atom. The molecule has 0 radical (unpaired) electrons. The third-order valence-corrected chi connectivity index (χ3v) is 2.23. The molecule has 0 fully saturated rings. The summed E-state index contributed by atoms with van der Waals surface area (Å²) in [6, 6.07) is 4.24. The first-order valence-corrected chi connectivity index (χ1v) is 5.40. The molecule has 7 heteroatoms. The molecule has 0 unspecified atom stereocenters. The van der Waals surface area contributed by atoms with Crippen molar-refractivity contribution in [1.29, 1.82) is 0 Å². The van der Waals surface area contributed by atoms with Crippen LogP contribution in [0.3, 0.4) is 0 Å². The fourth-order valence-electron chi connectivity index (χ4n) is 1.50. The van der Waals surface area contributed by atoms with Crippen molar-refractivity contribution in [2.24, 2.45) is 0 Å². The van der Waals surface area contributed by atoms with Crippen LogP contribution in [0.25, 0.3) is 0 Å². The Hall–Kier alpha value is -2.05. The smallest absolute Gasteiger partial charge is 0.395 e. The summed E-state index contributed by atoms with van der Waals surface area (Å²) in [6.07, 6.45) is -3.62. The number of alkyl halides is 2. The molecule has 2 rings (SSSR count). The molecule has 1 aromatic carbocycles. The second kappa shape index (κ2) is 4.67. The van der Waals surface area contributed by atoms with Gasteiger partial charge in [-0.1, -0.05) is 0 Å². The summed E-state index contributed by atoms with van der Waals surface area (Å²) in [5.41, 5.74) is 0.501. The lowest BCUT2D eigenvalue weighted by Crippen LogP contribution is -2.29. The van der Waals surface area contributed by atoms with Crippen molar-refractivity contribution >= 4 is 11.6 Å². The molecule has 0 bridgehead atoms. The van der Waals surface area contributed by atoms with Gasteiger partial charge in [0.15, 0.2) is 11.5 Å².